The number of carbonyl (C=O) groups excluding carboxylic acids is 14. The zero-order valence-corrected chi connectivity index (χ0v) is 83.4. The van der Waals surface area contributed by atoms with Gasteiger partial charge in [0, 0.05) is 65.5 Å². The molecule has 0 N–H and O–H groups in total. The molecule has 0 atom stereocenters. The van der Waals surface area contributed by atoms with Gasteiger partial charge in [-0.2, -0.15) is 23.5 Å². The standard InChI is InChI=1S/C39H44O10.C36H33ClO12S2.C36H38O10/c1-4-36(40)46-26-12-8-6-10-24-44-32-18-14-30(15-19-32)38(42)48-34-22-23-35(29(3)28-34)49-39(43)31-16-20-33(21-17-31)45-25-11-7-9-13-27-47-37(41)5-2;1-3-31(38)44-17-21-50-19-15-33(40)46-26-9-5-24(6-10-26)35(42)48-28-13-14-30(29(37)23-28)49-36(43)25-7-11-27(12-8-25)47-34(41)16-20-51-22-18-45-32(39)4-2;1-4-26-25-31(45-35(39)27-11-15-29(16-12-27)41-21-7-9-23-43-33(37)5-2)19-20-32(26)46-36(40)28-13-17-30(18-14-28)42-22-8-10-24-44-34(38)6-3/h4-5,14-23,28H,1-2,6-13,24-27H2,3H3;3-14,23H,1-2,15-22H2;5-6,11-20,25H,2-4,7-10,21-24H2,1H3. The Morgan fingerprint density at radius 3 is 0.795 bits per heavy atom. The fourth-order valence-electron chi connectivity index (χ4n) is 12.1. The number of hydrogen-bond donors (Lipinski definition) is 0. The summed E-state index contributed by atoms with van der Waals surface area (Å²) in [5.41, 5.74) is 3.10. The Morgan fingerprint density at radius 2 is 0.493 bits per heavy atom. The molecule has 9 aromatic carbocycles. The van der Waals surface area contributed by atoms with Crippen molar-refractivity contribution in [3.8, 4) is 69.0 Å². The molecule has 0 radical (unpaired) electrons. The fourth-order valence-corrected chi connectivity index (χ4v) is 13.7. The summed E-state index contributed by atoms with van der Waals surface area (Å²) in [6.07, 6.45) is 17.3. The Bertz CT molecular complexity index is 5840. The Labute approximate surface area is 859 Å². The first-order valence-electron chi connectivity index (χ1n) is 46.5. The number of carbonyl (C=O) groups is 14. The molecule has 0 aliphatic carbocycles. The van der Waals surface area contributed by atoms with E-state index in [4.69, 9.17) is 96.9 Å². The summed E-state index contributed by atoms with van der Waals surface area (Å²) in [4.78, 5) is 167. The number of benzene rings is 9. The second-order valence-corrected chi connectivity index (χ2v) is 33.5. The SMILES string of the molecule is C=CC(=O)OCCCCCCOc1ccc(C(=O)Oc2ccc(OC(=O)c3ccc(OCCCCCCOC(=O)C=C)cc3)c(C)c2)cc1.C=CC(=O)OCCCCOc1ccc(C(=O)Oc2ccc(OC(=O)c3ccc(OCCCCOC(=O)C=C)cc3)c(CC)c2)cc1.C=CC(=O)OCCSCCC(=O)Oc1ccc(C(=O)Oc2ccc(OC(=O)c3ccc(OC(=O)CCSCCOC(=O)C=C)cc3)c(Cl)c2)cc1. The number of thioether (sulfide) groups is 2. The average molecular weight is 2060 g/mol. The molecule has 9 rings (SSSR count). The lowest BCUT2D eigenvalue weighted by molar-refractivity contribution is -0.138. The fraction of sp³-hybridized carbons (Fsp3) is 0.279. The summed E-state index contributed by atoms with van der Waals surface area (Å²) in [6, 6.07) is 51.9. The third-order valence-electron chi connectivity index (χ3n) is 19.8. The summed E-state index contributed by atoms with van der Waals surface area (Å²) in [7, 11) is 0. The van der Waals surface area contributed by atoms with Gasteiger partial charge < -0.3 is 85.3 Å². The van der Waals surface area contributed by atoms with Gasteiger partial charge in [0.2, 0.25) is 0 Å². The van der Waals surface area contributed by atoms with Crippen LogP contribution in [0.25, 0.3) is 0 Å². The molecule has 0 aromatic heterocycles. The Kier molecular flexibility index (Phi) is 54.3. The lowest BCUT2D eigenvalue weighted by atomic mass is 10.1. The van der Waals surface area contributed by atoms with Gasteiger partial charge >= 0.3 is 83.6 Å². The maximum absolute atomic E-state index is 12.8. The van der Waals surface area contributed by atoms with Crippen molar-refractivity contribution in [2.24, 2.45) is 0 Å². The van der Waals surface area contributed by atoms with E-state index in [9.17, 15) is 67.1 Å². The second kappa shape index (κ2) is 67.6. The lowest BCUT2D eigenvalue weighted by Gasteiger charge is -2.12. The molecule has 0 saturated carbocycles. The summed E-state index contributed by atoms with van der Waals surface area (Å²) < 4.78 is 95.9. The van der Waals surface area contributed by atoms with Gasteiger partial charge in [-0.3, -0.25) is 9.59 Å². The van der Waals surface area contributed by atoms with Crippen LogP contribution in [0.2, 0.25) is 5.02 Å². The van der Waals surface area contributed by atoms with Gasteiger partial charge in [-0.1, -0.05) is 58.0 Å². The van der Waals surface area contributed by atoms with Gasteiger partial charge in [-0.25, -0.2) is 57.5 Å². The van der Waals surface area contributed by atoms with Crippen molar-refractivity contribution in [2.75, 3.05) is 89.1 Å². The number of aryl methyl sites for hydroxylation is 2. The van der Waals surface area contributed by atoms with Crippen LogP contribution < -0.4 is 56.8 Å². The van der Waals surface area contributed by atoms with Gasteiger partial charge in [-0.05, 0) is 296 Å². The highest BCUT2D eigenvalue weighted by Crippen LogP contribution is 2.33. The topological polar surface area (TPSA) is 405 Å². The smallest absolute Gasteiger partial charge is 0.343 e. The largest absolute Gasteiger partial charge is 0.494 e. The minimum Gasteiger partial charge on any atom is -0.494 e. The molecule has 0 unspecified atom stereocenters. The van der Waals surface area contributed by atoms with Crippen molar-refractivity contribution in [3.05, 3.63) is 326 Å². The van der Waals surface area contributed by atoms with E-state index in [1.54, 1.807) is 140 Å². The predicted molar refractivity (Wildman–Crippen MR) is 546 cm³/mol. The number of hydrogen-bond acceptors (Lipinski definition) is 34. The molecule has 0 bridgehead atoms. The Morgan fingerprint density at radius 1 is 0.253 bits per heavy atom. The minimum atomic E-state index is -0.723. The van der Waals surface area contributed by atoms with Crippen molar-refractivity contribution in [1.29, 1.82) is 0 Å². The highest BCUT2D eigenvalue weighted by molar-refractivity contribution is 7.99. The maximum Gasteiger partial charge on any atom is 0.343 e. The molecule has 0 amide bonds. The normalized spacial score (nSPS) is 10.3. The van der Waals surface area contributed by atoms with E-state index in [1.807, 2.05) is 6.92 Å². The van der Waals surface area contributed by atoms with Gasteiger partial charge in [-0.15, -0.1) is 0 Å². The van der Waals surface area contributed by atoms with Crippen LogP contribution in [0.4, 0.5) is 0 Å². The van der Waals surface area contributed by atoms with Crippen LogP contribution >= 0.6 is 35.1 Å². The van der Waals surface area contributed by atoms with Gasteiger partial charge in [0.15, 0.2) is 0 Å². The molecule has 0 saturated heterocycles. The number of rotatable bonds is 61. The van der Waals surface area contributed by atoms with Crippen LogP contribution in [-0.4, -0.2) is 173 Å². The minimum absolute atomic E-state index is 0.00846. The average Bonchev–Trinajstić information content (AvgIpc) is 0.835. The number of esters is 14. The van der Waals surface area contributed by atoms with E-state index < -0.39 is 83.6 Å². The van der Waals surface area contributed by atoms with E-state index in [-0.39, 0.29) is 65.2 Å². The first kappa shape index (κ1) is 117. The highest BCUT2D eigenvalue weighted by Gasteiger charge is 2.22. The van der Waals surface area contributed by atoms with Crippen molar-refractivity contribution in [3.63, 3.8) is 0 Å². The van der Waals surface area contributed by atoms with E-state index in [0.717, 1.165) is 87.8 Å². The summed E-state index contributed by atoms with van der Waals surface area (Å²) in [5, 5.41) is 0.00846. The summed E-state index contributed by atoms with van der Waals surface area (Å²) in [5.74, 6) is -0.712. The molecule has 0 spiro atoms. The Hall–Kier alpha value is -15.8. The van der Waals surface area contributed by atoms with Crippen LogP contribution in [0, 0.1) is 6.92 Å². The zero-order chi connectivity index (χ0) is 105. The van der Waals surface area contributed by atoms with Gasteiger partial charge in [0.25, 0.3) is 0 Å². The van der Waals surface area contributed by atoms with Crippen LogP contribution in [0.1, 0.15) is 170 Å². The van der Waals surface area contributed by atoms with E-state index >= 15 is 0 Å². The van der Waals surface area contributed by atoms with Gasteiger partial charge in [0.1, 0.15) is 82.2 Å². The van der Waals surface area contributed by atoms with E-state index in [0.29, 0.717) is 187 Å². The predicted octanol–water partition coefficient (Wildman–Crippen LogP) is 20.5. The second-order valence-electron chi connectivity index (χ2n) is 30.7. The molecule has 0 aliphatic rings. The highest BCUT2D eigenvalue weighted by atomic mass is 35.5. The van der Waals surface area contributed by atoms with Crippen LogP contribution in [0.3, 0.4) is 0 Å². The molecule has 0 aliphatic heterocycles. The number of halogens is 1. The first-order valence-corrected chi connectivity index (χ1v) is 49.2. The quantitative estimate of drug-likeness (QED) is 0.0112. The molecule has 35 heteroatoms. The lowest BCUT2D eigenvalue weighted by Crippen LogP contribution is -2.11. The van der Waals surface area contributed by atoms with Crippen LogP contribution in [-0.2, 0) is 73.2 Å². The van der Waals surface area contributed by atoms with Crippen molar-refractivity contribution >= 4 is 119 Å². The monoisotopic (exact) mass is 2060 g/mol. The molecule has 0 fully saturated rings. The maximum atomic E-state index is 12.8. The molecule has 9 aromatic rings. The summed E-state index contributed by atoms with van der Waals surface area (Å²) >= 11 is 9.14. The summed E-state index contributed by atoms with van der Waals surface area (Å²) in [6.45, 7) is 27.4. The van der Waals surface area contributed by atoms with Crippen molar-refractivity contribution in [2.45, 2.75) is 110 Å². The van der Waals surface area contributed by atoms with E-state index in [2.05, 4.69) is 39.5 Å². The Balaban J connectivity index is 0.000000297. The molecule has 146 heavy (non-hydrogen) atoms. The van der Waals surface area contributed by atoms with Crippen LogP contribution in [0.15, 0.2) is 276 Å². The number of ether oxygens (including phenoxy) is 18. The van der Waals surface area contributed by atoms with E-state index in [1.165, 1.54) is 90.3 Å². The van der Waals surface area contributed by atoms with Gasteiger partial charge in [0.05, 0.1) is 104 Å². The molecule has 770 valence electrons. The third kappa shape index (κ3) is 46.5. The first-order chi connectivity index (χ1) is 70.7. The molecular weight excluding hydrogens is 1940 g/mol. The molecular formula is C111H115ClO32S2. The molecule has 0 heterocycles. The van der Waals surface area contributed by atoms with Crippen LogP contribution in [0.5, 0.6) is 69.0 Å². The zero-order valence-electron chi connectivity index (χ0n) is 81.0. The third-order valence-corrected chi connectivity index (χ3v) is 21.9. The number of unbranched alkanes of at least 4 members (excludes halogenated alkanes) is 8. The van der Waals surface area contributed by atoms with Crippen molar-refractivity contribution in [1.82, 2.24) is 0 Å². The van der Waals surface area contributed by atoms with Crippen molar-refractivity contribution < 1.29 is 152 Å². The molecule has 32 nitrogen and oxygen atoms in total.